The molecule has 2 unspecified atom stereocenters. The minimum Gasteiger partial charge on any atom is -0.436 e. The predicted octanol–water partition coefficient (Wildman–Crippen LogP) is 5.34. The minimum atomic E-state index is -3.79. The molecule has 1 aliphatic heterocycles. The Hall–Kier alpha value is -3.90. The van der Waals surface area contributed by atoms with Gasteiger partial charge in [-0.1, -0.05) is 24.3 Å². The van der Waals surface area contributed by atoms with E-state index in [4.69, 9.17) is 4.74 Å². The van der Waals surface area contributed by atoms with Gasteiger partial charge in [0.1, 0.15) is 23.4 Å². The first-order chi connectivity index (χ1) is 19.6. The van der Waals surface area contributed by atoms with E-state index in [1.807, 2.05) is 0 Å². The van der Waals surface area contributed by atoms with E-state index in [9.17, 15) is 12.8 Å². The van der Waals surface area contributed by atoms with Gasteiger partial charge in [-0.25, -0.2) is 32.2 Å². The van der Waals surface area contributed by atoms with Crippen molar-refractivity contribution in [2.24, 2.45) is 0 Å². The number of sulfonamides is 1. The number of alkyl halides is 1. The van der Waals surface area contributed by atoms with E-state index in [0.717, 1.165) is 0 Å². The van der Waals surface area contributed by atoms with E-state index in [1.165, 1.54) is 19.3 Å². The number of rotatable bonds is 8. The molecule has 41 heavy (non-hydrogen) atoms. The summed E-state index contributed by atoms with van der Waals surface area (Å²) in [5, 5.41) is 7.21. The Morgan fingerprint density at radius 1 is 1.05 bits per heavy atom. The molecule has 2 aliphatic rings. The molecule has 0 bridgehead atoms. The molecule has 3 heterocycles. The predicted molar refractivity (Wildman–Crippen MR) is 154 cm³/mol. The van der Waals surface area contributed by atoms with E-state index in [0.29, 0.717) is 60.2 Å². The molecule has 0 radical (unpaired) electrons. The molecule has 2 aromatic heterocycles. The van der Waals surface area contributed by atoms with Crippen molar-refractivity contribution in [3.63, 3.8) is 0 Å². The van der Waals surface area contributed by atoms with Crippen LogP contribution in [0.15, 0.2) is 55.0 Å². The van der Waals surface area contributed by atoms with E-state index in [2.05, 4.69) is 30.3 Å². The third-order valence-electron chi connectivity index (χ3n) is 7.72. The van der Waals surface area contributed by atoms with Crippen molar-refractivity contribution >= 4 is 32.3 Å². The number of ether oxygens (including phenoxy) is 1. The number of hydrogen-bond acceptors (Lipinski definition) is 8. The van der Waals surface area contributed by atoms with Gasteiger partial charge in [0.2, 0.25) is 15.9 Å². The number of piperidine rings is 1. The number of halogens is 2. The average molecular weight is 581 g/mol. The molecular weight excluding hydrogens is 550 g/mol. The van der Waals surface area contributed by atoms with Crippen LogP contribution in [0.1, 0.15) is 31.7 Å². The fraction of sp³-hybridized carbons (Fsp3) is 0.345. The fourth-order valence-corrected chi connectivity index (χ4v) is 6.35. The van der Waals surface area contributed by atoms with E-state index in [-0.39, 0.29) is 28.9 Å². The Morgan fingerprint density at radius 3 is 2.56 bits per heavy atom. The first-order valence-electron chi connectivity index (χ1n) is 13.4. The standard InChI is InChI=1S/C29H30F2N6O3S/c1-17-24(31)26(37-41(38,39)29(2)8-9-29)21-5-3-4-6-22(21)27(17)40-28-25(34-11-12-35-28)18-7-10-33-23(13-18)36-20-14-19(30)15-32-16-20/h3-7,10-13,19-20,32,37H,8-9,14-16H2,1-2H3,(H,33,36). The van der Waals surface area contributed by atoms with Gasteiger partial charge in [-0.3, -0.25) is 4.72 Å². The van der Waals surface area contributed by atoms with Crippen molar-refractivity contribution in [2.45, 2.75) is 50.1 Å². The SMILES string of the molecule is Cc1c(F)c(NS(=O)(=O)C2(C)CC2)c2ccccc2c1Oc1nccnc1-c1ccnc(NC2CNCC(F)C2)c1. The highest BCUT2D eigenvalue weighted by molar-refractivity contribution is 7.94. The lowest BCUT2D eigenvalue weighted by Gasteiger charge is -2.26. The van der Waals surface area contributed by atoms with Gasteiger partial charge in [0.25, 0.3) is 0 Å². The second kappa shape index (κ2) is 10.5. The summed E-state index contributed by atoms with van der Waals surface area (Å²) in [4.78, 5) is 13.2. The van der Waals surface area contributed by atoms with Crippen molar-refractivity contribution in [2.75, 3.05) is 23.1 Å². The van der Waals surface area contributed by atoms with Gasteiger partial charge < -0.3 is 15.4 Å². The van der Waals surface area contributed by atoms with Crippen LogP contribution in [0.3, 0.4) is 0 Å². The summed E-state index contributed by atoms with van der Waals surface area (Å²) in [5.41, 5.74) is 1.08. The average Bonchev–Trinajstić information content (AvgIpc) is 3.73. The van der Waals surface area contributed by atoms with E-state index >= 15 is 4.39 Å². The number of anilines is 2. The normalized spacial score (nSPS) is 20.0. The summed E-state index contributed by atoms with van der Waals surface area (Å²) in [6.07, 6.45) is 5.11. The Balaban J connectivity index is 1.36. The van der Waals surface area contributed by atoms with Crippen LogP contribution in [-0.2, 0) is 10.0 Å². The van der Waals surface area contributed by atoms with Crippen LogP contribution in [0.2, 0.25) is 0 Å². The van der Waals surface area contributed by atoms with Crippen LogP contribution in [0.25, 0.3) is 22.0 Å². The number of nitrogens with zero attached hydrogens (tertiary/aromatic N) is 3. The highest BCUT2D eigenvalue weighted by Gasteiger charge is 2.50. The number of pyridine rings is 1. The molecule has 9 nitrogen and oxygen atoms in total. The molecule has 214 valence electrons. The van der Waals surface area contributed by atoms with Crippen LogP contribution in [0.4, 0.5) is 20.3 Å². The molecule has 0 spiro atoms. The Bertz CT molecular complexity index is 1730. The highest BCUT2D eigenvalue weighted by Crippen LogP contribution is 2.46. The van der Waals surface area contributed by atoms with Crippen molar-refractivity contribution in [1.29, 1.82) is 0 Å². The summed E-state index contributed by atoms with van der Waals surface area (Å²) in [5.74, 6) is 0.169. The van der Waals surface area contributed by atoms with E-state index < -0.39 is 26.8 Å². The van der Waals surface area contributed by atoms with Gasteiger partial charge in [0.15, 0.2) is 5.82 Å². The highest BCUT2D eigenvalue weighted by atomic mass is 32.2. The largest absolute Gasteiger partial charge is 0.436 e. The van der Waals surface area contributed by atoms with Gasteiger partial charge >= 0.3 is 0 Å². The lowest BCUT2D eigenvalue weighted by Crippen LogP contribution is -2.44. The van der Waals surface area contributed by atoms with Crippen LogP contribution in [-0.4, -0.2) is 53.4 Å². The maximum absolute atomic E-state index is 15.9. The van der Waals surface area contributed by atoms with Crippen LogP contribution < -0.4 is 20.1 Å². The number of benzene rings is 2. The molecule has 2 atom stereocenters. The number of nitrogens with one attached hydrogen (secondary N) is 3. The molecule has 0 amide bonds. The summed E-state index contributed by atoms with van der Waals surface area (Å²) in [6.45, 7) is 4.15. The molecule has 2 aromatic carbocycles. The molecule has 12 heteroatoms. The quantitative estimate of drug-likeness (QED) is 0.256. The molecule has 4 aromatic rings. The summed E-state index contributed by atoms with van der Waals surface area (Å²) >= 11 is 0. The maximum Gasteiger partial charge on any atom is 0.246 e. The van der Waals surface area contributed by atoms with Crippen LogP contribution >= 0.6 is 0 Å². The van der Waals surface area contributed by atoms with Gasteiger partial charge in [0.05, 0.1) is 10.4 Å². The molecule has 1 saturated heterocycles. The molecule has 1 aliphatic carbocycles. The van der Waals surface area contributed by atoms with Crippen molar-refractivity contribution in [3.8, 4) is 22.9 Å². The lowest BCUT2D eigenvalue weighted by molar-refractivity contribution is 0.255. The van der Waals surface area contributed by atoms with Crippen LogP contribution in [0.5, 0.6) is 11.6 Å². The van der Waals surface area contributed by atoms with Gasteiger partial charge in [-0.05, 0) is 38.8 Å². The third-order valence-corrected chi connectivity index (χ3v) is 9.89. The Kier molecular flexibility index (Phi) is 6.98. The summed E-state index contributed by atoms with van der Waals surface area (Å²) in [6, 6.07) is 10.3. The first-order valence-corrected chi connectivity index (χ1v) is 14.9. The second-order valence-corrected chi connectivity index (χ2v) is 13.0. The summed E-state index contributed by atoms with van der Waals surface area (Å²) in [7, 11) is -3.79. The number of aromatic nitrogens is 3. The summed E-state index contributed by atoms with van der Waals surface area (Å²) < 4.78 is 63.6. The third kappa shape index (κ3) is 5.29. The zero-order chi connectivity index (χ0) is 28.8. The first kappa shape index (κ1) is 27.3. The van der Waals surface area contributed by atoms with Crippen molar-refractivity contribution in [3.05, 3.63) is 66.4 Å². The zero-order valence-electron chi connectivity index (χ0n) is 22.6. The molecule has 3 N–H and O–H groups in total. The molecule has 1 saturated carbocycles. The van der Waals surface area contributed by atoms with Crippen molar-refractivity contribution in [1.82, 2.24) is 20.3 Å². The number of fused-ring (bicyclic) bond motifs is 1. The zero-order valence-corrected chi connectivity index (χ0v) is 23.4. The Morgan fingerprint density at radius 2 is 1.80 bits per heavy atom. The fourth-order valence-electron chi connectivity index (χ4n) is 5.00. The van der Waals surface area contributed by atoms with Gasteiger partial charge in [0, 0.05) is 66.0 Å². The van der Waals surface area contributed by atoms with E-state index in [1.54, 1.807) is 49.5 Å². The minimum absolute atomic E-state index is 0.101. The monoisotopic (exact) mass is 580 g/mol. The smallest absolute Gasteiger partial charge is 0.246 e. The molecular formula is C29H30F2N6O3S. The lowest BCUT2D eigenvalue weighted by atomic mass is 10.0. The molecule has 2 fully saturated rings. The van der Waals surface area contributed by atoms with Crippen LogP contribution in [0, 0.1) is 12.7 Å². The van der Waals surface area contributed by atoms with Gasteiger partial charge in [-0.2, -0.15) is 0 Å². The Labute approximate surface area is 236 Å². The van der Waals surface area contributed by atoms with Gasteiger partial charge in [-0.15, -0.1) is 0 Å². The second-order valence-electron chi connectivity index (χ2n) is 10.8. The maximum atomic E-state index is 15.9. The topological polar surface area (TPSA) is 118 Å². The van der Waals surface area contributed by atoms with Crippen molar-refractivity contribution < 1.29 is 21.9 Å². The number of hydrogen-bond donors (Lipinski definition) is 3. The molecule has 6 rings (SSSR count).